The van der Waals surface area contributed by atoms with Crippen molar-refractivity contribution in [1.82, 2.24) is 0 Å². The Morgan fingerprint density at radius 3 is 2.52 bits per heavy atom. The van der Waals surface area contributed by atoms with Gasteiger partial charge in [0.2, 0.25) is 5.78 Å². The fourth-order valence-corrected chi connectivity index (χ4v) is 3.92. The van der Waals surface area contributed by atoms with Crippen molar-refractivity contribution < 1.29 is 28.5 Å². The molecule has 0 N–H and O–H groups in total. The number of benzene rings is 3. The number of methoxy groups -OCH3 is 2. The number of carbonyl (C=O) groups is 2. The van der Waals surface area contributed by atoms with Gasteiger partial charge in [0.05, 0.1) is 25.3 Å². The van der Waals surface area contributed by atoms with E-state index in [1.807, 2.05) is 31.2 Å². The van der Waals surface area contributed by atoms with Crippen LogP contribution in [0.2, 0.25) is 0 Å². The molecule has 3 aromatic rings. The van der Waals surface area contributed by atoms with Crippen molar-refractivity contribution in [2.75, 3.05) is 14.2 Å². The van der Waals surface area contributed by atoms with E-state index in [1.54, 1.807) is 43.5 Å². The second-order valence-electron chi connectivity index (χ2n) is 7.42. The van der Waals surface area contributed by atoms with Crippen molar-refractivity contribution in [2.45, 2.75) is 13.5 Å². The van der Waals surface area contributed by atoms with Crippen molar-refractivity contribution in [3.8, 4) is 17.2 Å². The van der Waals surface area contributed by atoms with Crippen LogP contribution in [0.3, 0.4) is 0 Å². The van der Waals surface area contributed by atoms with Crippen LogP contribution in [0.15, 0.2) is 64.8 Å². The summed E-state index contributed by atoms with van der Waals surface area (Å²) in [5, 5.41) is 0. The van der Waals surface area contributed by atoms with Gasteiger partial charge in [-0.15, -0.1) is 0 Å². The normalized spacial score (nSPS) is 13.5. The van der Waals surface area contributed by atoms with Gasteiger partial charge in [-0.1, -0.05) is 28.1 Å². The Kier molecular flexibility index (Phi) is 6.51. The summed E-state index contributed by atoms with van der Waals surface area (Å²) >= 11 is 3.44. The Labute approximate surface area is 199 Å². The molecule has 0 saturated heterocycles. The summed E-state index contributed by atoms with van der Waals surface area (Å²) in [6.45, 7) is 2.15. The molecule has 0 aliphatic carbocycles. The number of allylic oxidation sites excluding steroid dienone is 1. The van der Waals surface area contributed by atoms with Crippen molar-refractivity contribution in [3.05, 3.63) is 92.6 Å². The minimum Gasteiger partial charge on any atom is -0.496 e. The van der Waals surface area contributed by atoms with E-state index in [0.29, 0.717) is 35.0 Å². The first-order chi connectivity index (χ1) is 15.9. The summed E-state index contributed by atoms with van der Waals surface area (Å²) in [7, 11) is 2.92. The van der Waals surface area contributed by atoms with E-state index in [4.69, 9.17) is 18.9 Å². The van der Waals surface area contributed by atoms with Gasteiger partial charge in [0, 0.05) is 16.1 Å². The lowest BCUT2D eigenvalue weighted by Gasteiger charge is -2.10. The molecule has 0 fully saturated rings. The molecule has 0 saturated carbocycles. The Hall–Kier alpha value is -3.58. The van der Waals surface area contributed by atoms with Crippen LogP contribution in [-0.2, 0) is 11.3 Å². The molecule has 33 heavy (non-hydrogen) atoms. The van der Waals surface area contributed by atoms with Gasteiger partial charge >= 0.3 is 5.97 Å². The van der Waals surface area contributed by atoms with Crippen LogP contribution < -0.4 is 14.2 Å². The highest BCUT2D eigenvalue weighted by Gasteiger charge is 2.30. The Bertz CT molecular complexity index is 1260. The van der Waals surface area contributed by atoms with Gasteiger partial charge in [0.15, 0.2) is 5.76 Å². The lowest BCUT2D eigenvalue weighted by atomic mass is 10.0. The average Bonchev–Trinajstić information content (AvgIpc) is 3.13. The number of aryl methyl sites for hydroxylation is 1. The van der Waals surface area contributed by atoms with Gasteiger partial charge in [-0.25, -0.2) is 4.79 Å². The topological polar surface area (TPSA) is 71.1 Å². The van der Waals surface area contributed by atoms with Crippen LogP contribution in [-0.4, -0.2) is 26.0 Å². The Balaban J connectivity index is 1.53. The van der Waals surface area contributed by atoms with Crippen LogP contribution in [0.25, 0.3) is 6.08 Å². The van der Waals surface area contributed by atoms with Crippen LogP contribution in [0.5, 0.6) is 17.2 Å². The molecule has 7 heteroatoms. The molecule has 0 spiro atoms. The number of hydrogen-bond donors (Lipinski definition) is 0. The van der Waals surface area contributed by atoms with Gasteiger partial charge in [-0.2, -0.15) is 0 Å². The smallest absolute Gasteiger partial charge is 0.337 e. The molecule has 0 radical (unpaired) electrons. The van der Waals surface area contributed by atoms with Gasteiger partial charge in [0.1, 0.15) is 23.9 Å². The second-order valence-corrected chi connectivity index (χ2v) is 8.33. The van der Waals surface area contributed by atoms with Gasteiger partial charge < -0.3 is 18.9 Å². The first-order valence-electron chi connectivity index (χ1n) is 10.1. The number of ether oxygens (including phenoxy) is 4. The molecule has 6 nitrogen and oxygen atoms in total. The molecule has 1 heterocycles. The molecule has 0 bridgehead atoms. The number of fused-ring (bicyclic) bond motifs is 1. The molecule has 168 valence electrons. The number of rotatable bonds is 6. The predicted molar refractivity (Wildman–Crippen MR) is 127 cm³/mol. The van der Waals surface area contributed by atoms with E-state index in [9.17, 15) is 9.59 Å². The zero-order chi connectivity index (χ0) is 23.5. The number of ketones is 1. The van der Waals surface area contributed by atoms with E-state index in [-0.39, 0.29) is 17.5 Å². The third kappa shape index (κ3) is 4.78. The maximum absolute atomic E-state index is 13.0. The maximum Gasteiger partial charge on any atom is 0.337 e. The summed E-state index contributed by atoms with van der Waals surface area (Å²) in [6.07, 6.45) is 1.68. The monoisotopic (exact) mass is 508 g/mol. The minimum absolute atomic E-state index is 0.186. The second kappa shape index (κ2) is 9.50. The predicted octanol–water partition coefficient (Wildman–Crippen LogP) is 5.75. The van der Waals surface area contributed by atoms with E-state index in [2.05, 4.69) is 15.9 Å². The fourth-order valence-electron chi connectivity index (χ4n) is 3.54. The van der Waals surface area contributed by atoms with Crippen LogP contribution >= 0.6 is 15.9 Å². The van der Waals surface area contributed by atoms with Gasteiger partial charge in [0.25, 0.3) is 0 Å². The highest BCUT2D eigenvalue weighted by molar-refractivity contribution is 9.10. The fraction of sp³-hybridized carbons (Fsp3) is 0.154. The summed E-state index contributed by atoms with van der Waals surface area (Å²) in [6, 6.07) is 16.0. The lowest BCUT2D eigenvalue weighted by Crippen LogP contribution is -2.02. The van der Waals surface area contributed by atoms with Crippen molar-refractivity contribution >= 4 is 33.8 Å². The van der Waals surface area contributed by atoms with Gasteiger partial charge in [-0.05, 0) is 60.5 Å². The lowest BCUT2D eigenvalue weighted by molar-refractivity contribution is 0.0600. The molecule has 1 aliphatic rings. The largest absolute Gasteiger partial charge is 0.496 e. The van der Waals surface area contributed by atoms with E-state index >= 15 is 0 Å². The number of hydrogen-bond acceptors (Lipinski definition) is 6. The first-order valence-corrected chi connectivity index (χ1v) is 10.9. The van der Waals surface area contributed by atoms with Crippen molar-refractivity contribution in [2.24, 2.45) is 0 Å². The number of esters is 1. The van der Waals surface area contributed by atoms with Gasteiger partial charge in [-0.3, -0.25) is 4.79 Å². The molecule has 3 aromatic carbocycles. The highest BCUT2D eigenvalue weighted by Crippen LogP contribution is 2.38. The van der Waals surface area contributed by atoms with Crippen molar-refractivity contribution in [1.29, 1.82) is 0 Å². The summed E-state index contributed by atoms with van der Waals surface area (Å²) in [4.78, 5) is 24.5. The number of carbonyl (C=O) groups excluding carboxylic acids is 2. The molecular weight excluding hydrogens is 488 g/mol. The van der Waals surface area contributed by atoms with Crippen LogP contribution in [0.1, 0.15) is 37.4 Å². The zero-order valence-corrected chi connectivity index (χ0v) is 19.9. The molecule has 0 amide bonds. The third-order valence-electron chi connectivity index (χ3n) is 5.20. The Morgan fingerprint density at radius 2 is 1.82 bits per heavy atom. The SMILES string of the molecule is COC(=O)c1ccc(COc2cc(C)c3c(c2)O/C(=C\c2cc(Br)ccc2OC)C3=O)cc1. The zero-order valence-electron chi connectivity index (χ0n) is 18.3. The quantitative estimate of drug-likeness (QED) is 0.312. The number of Topliss-reactive ketones (excluding diaryl/α,β-unsaturated/α-hetero) is 1. The maximum atomic E-state index is 13.0. The summed E-state index contributed by atoms with van der Waals surface area (Å²) in [5.74, 6) is 1.32. The minimum atomic E-state index is -0.386. The van der Waals surface area contributed by atoms with Crippen molar-refractivity contribution in [3.63, 3.8) is 0 Å². The average molecular weight is 509 g/mol. The first kappa shape index (κ1) is 22.6. The summed E-state index contributed by atoms with van der Waals surface area (Å²) in [5.41, 5.74) is 3.37. The van der Waals surface area contributed by atoms with Crippen LogP contribution in [0.4, 0.5) is 0 Å². The molecular formula is C26H21BrO6. The Morgan fingerprint density at radius 1 is 1.06 bits per heavy atom. The molecule has 4 rings (SSSR count). The van der Waals surface area contributed by atoms with Crippen LogP contribution in [0, 0.1) is 6.92 Å². The molecule has 0 unspecified atom stereocenters. The van der Waals surface area contributed by atoms with E-state index < -0.39 is 0 Å². The molecule has 1 aliphatic heterocycles. The molecule has 0 atom stereocenters. The number of halogens is 1. The molecule has 0 aromatic heterocycles. The highest BCUT2D eigenvalue weighted by atomic mass is 79.9. The standard InChI is InChI=1S/C26H21BrO6/c1-15-10-20(32-14-16-4-6-17(7-5-16)26(29)31-3)13-22-24(15)25(28)23(33-22)12-18-11-19(27)8-9-21(18)30-2/h4-13H,14H2,1-3H3/b23-12-. The summed E-state index contributed by atoms with van der Waals surface area (Å²) < 4.78 is 22.8. The third-order valence-corrected chi connectivity index (χ3v) is 5.70. The van der Waals surface area contributed by atoms with E-state index in [1.165, 1.54) is 7.11 Å². The van der Waals surface area contributed by atoms with E-state index in [0.717, 1.165) is 21.2 Å².